The fourth-order valence-electron chi connectivity index (χ4n) is 1.81. The highest BCUT2D eigenvalue weighted by Gasteiger charge is 2.27. The van der Waals surface area contributed by atoms with Gasteiger partial charge in [-0.1, -0.05) is 48.5 Å². The molecule has 0 unspecified atom stereocenters. The Morgan fingerprint density at radius 1 is 0.895 bits per heavy atom. The Bertz CT molecular complexity index is 573. The quantitative estimate of drug-likeness (QED) is 0.765. The van der Waals surface area contributed by atoms with Crippen LogP contribution in [0.3, 0.4) is 0 Å². The van der Waals surface area contributed by atoms with Crippen LogP contribution in [0.25, 0.3) is 0 Å². The predicted octanol–water partition coefficient (Wildman–Crippen LogP) is 4.02. The van der Waals surface area contributed by atoms with Crippen molar-refractivity contribution in [1.82, 2.24) is 0 Å². The van der Waals surface area contributed by atoms with Gasteiger partial charge in [0.15, 0.2) is 5.78 Å². The van der Waals surface area contributed by atoms with Gasteiger partial charge < -0.3 is 0 Å². The van der Waals surface area contributed by atoms with E-state index in [9.17, 15) is 18.0 Å². The summed E-state index contributed by atoms with van der Waals surface area (Å²) >= 11 is 0. The molecule has 2 aromatic carbocycles. The van der Waals surface area contributed by atoms with Crippen molar-refractivity contribution in [3.05, 3.63) is 71.3 Å². The number of carbonyl (C=O) groups is 1. The molecule has 0 aromatic heterocycles. The lowest BCUT2D eigenvalue weighted by atomic mass is 10.0. The van der Waals surface area contributed by atoms with E-state index in [-0.39, 0.29) is 16.9 Å². The second-order valence-electron chi connectivity index (χ2n) is 4.19. The van der Waals surface area contributed by atoms with E-state index in [2.05, 4.69) is 0 Å². The van der Waals surface area contributed by atoms with Crippen LogP contribution in [-0.4, -0.2) is 12.0 Å². The largest absolute Gasteiger partial charge is 0.393 e. The van der Waals surface area contributed by atoms with Crippen LogP contribution in [0.15, 0.2) is 54.6 Å². The summed E-state index contributed by atoms with van der Waals surface area (Å²) in [6, 6.07) is 14.1. The molecule has 2 rings (SSSR count). The summed E-state index contributed by atoms with van der Waals surface area (Å²) in [6.45, 7) is 0. The molecule has 0 radical (unpaired) electrons. The summed E-state index contributed by atoms with van der Waals surface area (Å²) in [5.41, 5.74) is 0.828. The maximum atomic E-state index is 12.3. The molecule has 19 heavy (non-hydrogen) atoms. The van der Waals surface area contributed by atoms with Crippen molar-refractivity contribution in [3.63, 3.8) is 0 Å². The smallest absolute Gasteiger partial charge is 0.289 e. The molecule has 0 aliphatic rings. The van der Waals surface area contributed by atoms with E-state index in [0.717, 1.165) is 0 Å². The van der Waals surface area contributed by atoms with Crippen molar-refractivity contribution in [1.29, 1.82) is 0 Å². The lowest BCUT2D eigenvalue weighted by molar-refractivity contribution is -0.127. The van der Waals surface area contributed by atoms with Crippen molar-refractivity contribution in [3.8, 4) is 0 Å². The first-order valence-electron chi connectivity index (χ1n) is 5.71. The molecule has 0 spiro atoms. The number of ketones is 1. The first-order chi connectivity index (χ1) is 8.96. The zero-order valence-electron chi connectivity index (χ0n) is 9.95. The number of halogens is 3. The Kier molecular flexibility index (Phi) is 3.69. The zero-order valence-corrected chi connectivity index (χ0v) is 9.95. The van der Waals surface area contributed by atoms with Crippen molar-refractivity contribution >= 4 is 5.78 Å². The summed E-state index contributed by atoms with van der Waals surface area (Å²) in [6.07, 6.45) is -5.29. The Balaban J connectivity index is 2.27. The third kappa shape index (κ3) is 3.68. The SMILES string of the molecule is O=C(c1ccccc1)c1cccc(CC(F)(F)F)c1. The van der Waals surface area contributed by atoms with Gasteiger partial charge in [0.05, 0.1) is 6.42 Å². The summed E-state index contributed by atoms with van der Waals surface area (Å²) < 4.78 is 36.9. The minimum atomic E-state index is -4.27. The fourth-order valence-corrected chi connectivity index (χ4v) is 1.81. The fraction of sp³-hybridized carbons (Fsp3) is 0.133. The van der Waals surface area contributed by atoms with E-state index in [4.69, 9.17) is 0 Å². The van der Waals surface area contributed by atoms with Crippen LogP contribution in [0.1, 0.15) is 21.5 Å². The lowest BCUT2D eigenvalue weighted by Crippen LogP contribution is -2.12. The number of rotatable bonds is 3. The zero-order chi connectivity index (χ0) is 13.9. The number of carbonyl (C=O) groups excluding carboxylic acids is 1. The van der Waals surface area contributed by atoms with Gasteiger partial charge in [0.1, 0.15) is 0 Å². The maximum Gasteiger partial charge on any atom is 0.393 e. The van der Waals surface area contributed by atoms with Crippen molar-refractivity contribution < 1.29 is 18.0 Å². The van der Waals surface area contributed by atoms with E-state index >= 15 is 0 Å². The maximum absolute atomic E-state index is 12.3. The molecule has 0 fully saturated rings. The lowest BCUT2D eigenvalue weighted by Gasteiger charge is -2.08. The van der Waals surface area contributed by atoms with Gasteiger partial charge in [-0.25, -0.2) is 0 Å². The van der Waals surface area contributed by atoms with Gasteiger partial charge in [-0.3, -0.25) is 4.79 Å². The standard InChI is InChI=1S/C15H11F3O/c16-15(17,18)10-11-5-4-8-13(9-11)14(19)12-6-2-1-3-7-12/h1-9H,10H2. The Hall–Kier alpha value is -2.10. The monoisotopic (exact) mass is 264 g/mol. The number of alkyl halides is 3. The molecule has 0 atom stereocenters. The second-order valence-corrected chi connectivity index (χ2v) is 4.19. The highest BCUT2D eigenvalue weighted by atomic mass is 19.4. The predicted molar refractivity (Wildman–Crippen MR) is 66.1 cm³/mol. The van der Waals surface area contributed by atoms with Crippen LogP contribution >= 0.6 is 0 Å². The van der Waals surface area contributed by atoms with Gasteiger partial charge in [-0.2, -0.15) is 13.2 Å². The summed E-state index contributed by atoms with van der Waals surface area (Å²) in [4.78, 5) is 12.1. The van der Waals surface area contributed by atoms with Crippen molar-refractivity contribution in [2.24, 2.45) is 0 Å². The molecule has 4 heteroatoms. The topological polar surface area (TPSA) is 17.1 Å². The van der Waals surface area contributed by atoms with E-state index in [1.165, 1.54) is 24.3 Å². The molecule has 2 aromatic rings. The van der Waals surface area contributed by atoms with Gasteiger partial charge in [-0.05, 0) is 11.6 Å². The van der Waals surface area contributed by atoms with E-state index in [1.807, 2.05) is 0 Å². The molecule has 0 N–H and O–H groups in total. The molecule has 0 amide bonds. The third-order valence-electron chi connectivity index (χ3n) is 2.63. The van der Waals surface area contributed by atoms with Crippen LogP contribution in [0.5, 0.6) is 0 Å². The highest BCUT2D eigenvalue weighted by Crippen LogP contribution is 2.22. The molecule has 0 aliphatic heterocycles. The Labute approximate surface area is 108 Å². The molecule has 0 bridgehead atoms. The van der Waals surface area contributed by atoms with Crippen molar-refractivity contribution in [2.75, 3.05) is 0 Å². The summed E-state index contributed by atoms with van der Waals surface area (Å²) in [5.74, 6) is -0.273. The first-order valence-corrected chi connectivity index (χ1v) is 5.71. The normalized spacial score (nSPS) is 11.3. The Morgan fingerprint density at radius 2 is 1.53 bits per heavy atom. The molecule has 0 saturated carbocycles. The molecule has 0 heterocycles. The van der Waals surface area contributed by atoms with Crippen LogP contribution in [0, 0.1) is 0 Å². The van der Waals surface area contributed by atoms with Gasteiger partial charge in [0.25, 0.3) is 0 Å². The molecular weight excluding hydrogens is 253 g/mol. The third-order valence-corrected chi connectivity index (χ3v) is 2.63. The average Bonchev–Trinajstić information content (AvgIpc) is 2.37. The van der Waals surface area contributed by atoms with Gasteiger partial charge in [0.2, 0.25) is 0 Å². The van der Waals surface area contributed by atoms with Gasteiger partial charge in [-0.15, -0.1) is 0 Å². The van der Waals surface area contributed by atoms with Gasteiger partial charge >= 0.3 is 6.18 Å². The van der Waals surface area contributed by atoms with Crippen LogP contribution in [-0.2, 0) is 6.42 Å². The van der Waals surface area contributed by atoms with E-state index in [1.54, 1.807) is 30.3 Å². The molecule has 0 aliphatic carbocycles. The number of benzene rings is 2. The summed E-state index contributed by atoms with van der Waals surface area (Å²) in [7, 11) is 0. The van der Waals surface area contributed by atoms with Crippen LogP contribution in [0.2, 0.25) is 0 Å². The molecule has 98 valence electrons. The van der Waals surface area contributed by atoms with E-state index < -0.39 is 12.6 Å². The summed E-state index contributed by atoms with van der Waals surface area (Å²) in [5, 5.41) is 0. The average molecular weight is 264 g/mol. The van der Waals surface area contributed by atoms with Crippen LogP contribution < -0.4 is 0 Å². The number of hydrogen-bond donors (Lipinski definition) is 0. The van der Waals surface area contributed by atoms with Crippen molar-refractivity contribution in [2.45, 2.75) is 12.6 Å². The second kappa shape index (κ2) is 5.26. The minimum Gasteiger partial charge on any atom is -0.289 e. The molecule has 1 nitrogen and oxygen atoms in total. The highest BCUT2D eigenvalue weighted by molar-refractivity contribution is 6.09. The molecule has 0 saturated heterocycles. The minimum absolute atomic E-state index is 0.0919. The van der Waals surface area contributed by atoms with E-state index in [0.29, 0.717) is 5.56 Å². The Morgan fingerprint density at radius 3 is 2.16 bits per heavy atom. The first kappa shape index (κ1) is 13.3. The molecular formula is C15H11F3O. The van der Waals surface area contributed by atoms with Gasteiger partial charge in [0, 0.05) is 11.1 Å². The number of hydrogen-bond acceptors (Lipinski definition) is 1. The van der Waals surface area contributed by atoms with Crippen LogP contribution in [0.4, 0.5) is 13.2 Å².